The summed E-state index contributed by atoms with van der Waals surface area (Å²) in [6.45, 7) is 2.97. The van der Waals surface area contributed by atoms with E-state index in [1.165, 1.54) is 12.0 Å². The molecule has 0 fully saturated rings. The van der Waals surface area contributed by atoms with Crippen molar-refractivity contribution in [3.05, 3.63) is 53.9 Å². The highest BCUT2D eigenvalue weighted by Crippen LogP contribution is 2.20. The zero-order valence-electron chi connectivity index (χ0n) is 10.3. The van der Waals surface area contributed by atoms with Gasteiger partial charge in [-0.3, -0.25) is 0 Å². The molecule has 0 unspecified atom stereocenters. The van der Waals surface area contributed by atoms with Gasteiger partial charge in [0.05, 0.1) is 12.3 Å². The summed E-state index contributed by atoms with van der Waals surface area (Å²) in [6.07, 6.45) is 5.11. The minimum atomic E-state index is 0.802. The fraction of sp³-hybridized carbons (Fsp3) is 0.333. The predicted octanol–water partition coefficient (Wildman–Crippen LogP) is 3.78. The second kappa shape index (κ2) is 6.14. The summed E-state index contributed by atoms with van der Waals surface area (Å²) < 4.78 is 5.76. The molecule has 17 heavy (non-hydrogen) atoms. The minimum Gasteiger partial charge on any atom is -0.492 e. The van der Waals surface area contributed by atoms with Gasteiger partial charge in [0.25, 0.3) is 0 Å². The molecule has 2 heteroatoms. The Morgan fingerprint density at radius 2 is 1.94 bits per heavy atom. The van der Waals surface area contributed by atoms with Crippen molar-refractivity contribution in [2.24, 2.45) is 0 Å². The number of rotatable bonds is 6. The van der Waals surface area contributed by atoms with Gasteiger partial charge in [0.15, 0.2) is 0 Å². The SMILES string of the molecule is CCCCOc1cc[nH]c1Cc1ccccc1. The van der Waals surface area contributed by atoms with Gasteiger partial charge in [0, 0.05) is 12.6 Å². The number of aromatic nitrogens is 1. The van der Waals surface area contributed by atoms with Gasteiger partial charge in [0.2, 0.25) is 0 Å². The van der Waals surface area contributed by atoms with Crippen LogP contribution in [0.2, 0.25) is 0 Å². The molecule has 0 spiro atoms. The molecule has 90 valence electrons. The third-order valence-electron chi connectivity index (χ3n) is 2.77. The van der Waals surface area contributed by atoms with Crippen LogP contribution in [-0.2, 0) is 6.42 Å². The van der Waals surface area contributed by atoms with Crippen molar-refractivity contribution in [1.29, 1.82) is 0 Å². The summed E-state index contributed by atoms with van der Waals surface area (Å²) in [4.78, 5) is 3.26. The minimum absolute atomic E-state index is 0.802. The van der Waals surface area contributed by atoms with E-state index in [1.807, 2.05) is 18.3 Å². The zero-order valence-corrected chi connectivity index (χ0v) is 10.3. The van der Waals surface area contributed by atoms with E-state index in [1.54, 1.807) is 0 Å². The Balaban J connectivity index is 1.99. The number of unbranched alkanes of at least 4 members (excludes halogenated alkanes) is 1. The van der Waals surface area contributed by atoms with Crippen molar-refractivity contribution >= 4 is 0 Å². The second-order valence-corrected chi connectivity index (χ2v) is 4.18. The van der Waals surface area contributed by atoms with E-state index in [9.17, 15) is 0 Å². The summed E-state index contributed by atoms with van der Waals surface area (Å²) in [7, 11) is 0. The van der Waals surface area contributed by atoms with Crippen molar-refractivity contribution in [2.45, 2.75) is 26.2 Å². The first kappa shape index (κ1) is 11.8. The number of hydrogen-bond donors (Lipinski definition) is 1. The van der Waals surface area contributed by atoms with E-state index in [-0.39, 0.29) is 0 Å². The Morgan fingerprint density at radius 1 is 1.12 bits per heavy atom. The van der Waals surface area contributed by atoms with Crippen molar-refractivity contribution in [2.75, 3.05) is 6.61 Å². The van der Waals surface area contributed by atoms with Crippen LogP contribution in [-0.4, -0.2) is 11.6 Å². The molecule has 0 aliphatic heterocycles. The number of benzene rings is 1. The molecule has 1 aromatic heterocycles. The smallest absolute Gasteiger partial charge is 0.140 e. The van der Waals surface area contributed by atoms with E-state index in [4.69, 9.17) is 4.74 Å². The van der Waals surface area contributed by atoms with E-state index in [0.29, 0.717) is 0 Å². The molecule has 0 bridgehead atoms. The summed E-state index contributed by atoms with van der Waals surface area (Å²) in [5, 5.41) is 0. The highest BCUT2D eigenvalue weighted by Gasteiger charge is 2.05. The first-order valence-electron chi connectivity index (χ1n) is 6.23. The van der Waals surface area contributed by atoms with Crippen LogP contribution in [0.4, 0.5) is 0 Å². The molecule has 1 N–H and O–H groups in total. The van der Waals surface area contributed by atoms with E-state index in [0.717, 1.165) is 30.9 Å². The Kier molecular flexibility index (Phi) is 4.25. The normalized spacial score (nSPS) is 10.4. The van der Waals surface area contributed by atoms with E-state index in [2.05, 4.69) is 36.2 Å². The molecular formula is C15H19NO. The van der Waals surface area contributed by atoms with Gasteiger partial charge in [-0.1, -0.05) is 43.7 Å². The number of hydrogen-bond acceptors (Lipinski definition) is 1. The number of ether oxygens (including phenoxy) is 1. The van der Waals surface area contributed by atoms with Crippen LogP contribution < -0.4 is 4.74 Å². The van der Waals surface area contributed by atoms with Crippen LogP contribution >= 0.6 is 0 Å². The van der Waals surface area contributed by atoms with E-state index < -0.39 is 0 Å². The van der Waals surface area contributed by atoms with Crippen molar-refractivity contribution in [3.63, 3.8) is 0 Å². The Bertz CT molecular complexity index is 433. The summed E-state index contributed by atoms with van der Waals surface area (Å²) in [5.74, 6) is 0.988. The maximum atomic E-state index is 5.76. The van der Waals surface area contributed by atoms with Gasteiger partial charge < -0.3 is 9.72 Å². The highest BCUT2D eigenvalue weighted by molar-refractivity contribution is 5.32. The third-order valence-corrected chi connectivity index (χ3v) is 2.77. The highest BCUT2D eigenvalue weighted by atomic mass is 16.5. The van der Waals surface area contributed by atoms with E-state index >= 15 is 0 Å². The molecule has 1 aromatic carbocycles. The van der Waals surface area contributed by atoms with Crippen LogP contribution in [0.1, 0.15) is 31.0 Å². The second-order valence-electron chi connectivity index (χ2n) is 4.18. The van der Waals surface area contributed by atoms with Crippen LogP contribution in [0, 0.1) is 0 Å². The Morgan fingerprint density at radius 3 is 2.71 bits per heavy atom. The number of aromatic amines is 1. The maximum absolute atomic E-state index is 5.76. The fourth-order valence-electron chi connectivity index (χ4n) is 1.79. The lowest BCUT2D eigenvalue weighted by Gasteiger charge is -2.06. The molecule has 1 heterocycles. The fourth-order valence-corrected chi connectivity index (χ4v) is 1.79. The topological polar surface area (TPSA) is 25.0 Å². The first-order valence-corrected chi connectivity index (χ1v) is 6.23. The number of nitrogens with one attached hydrogen (secondary N) is 1. The molecule has 0 aliphatic carbocycles. The predicted molar refractivity (Wildman–Crippen MR) is 70.4 cm³/mol. The molecule has 0 aliphatic rings. The van der Waals surface area contributed by atoms with Crippen molar-refractivity contribution in [3.8, 4) is 5.75 Å². The van der Waals surface area contributed by atoms with Gasteiger partial charge >= 0.3 is 0 Å². The van der Waals surface area contributed by atoms with Crippen molar-refractivity contribution < 1.29 is 4.74 Å². The summed E-state index contributed by atoms with van der Waals surface area (Å²) >= 11 is 0. The third kappa shape index (κ3) is 3.38. The lowest BCUT2D eigenvalue weighted by molar-refractivity contribution is 0.307. The Hall–Kier alpha value is -1.70. The average Bonchev–Trinajstić information content (AvgIpc) is 2.79. The average molecular weight is 229 g/mol. The molecule has 0 saturated carbocycles. The molecule has 0 amide bonds. The molecule has 2 nitrogen and oxygen atoms in total. The van der Waals surface area contributed by atoms with Crippen molar-refractivity contribution in [1.82, 2.24) is 4.98 Å². The molecule has 2 aromatic rings. The van der Waals surface area contributed by atoms with Crippen LogP contribution in [0.3, 0.4) is 0 Å². The Labute approximate surface area is 103 Å². The van der Waals surface area contributed by atoms with Gasteiger partial charge in [-0.05, 0) is 18.1 Å². The monoisotopic (exact) mass is 229 g/mol. The summed E-state index contributed by atoms with van der Waals surface area (Å²) in [6, 6.07) is 12.4. The van der Waals surface area contributed by atoms with Crippen LogP contribution in [0.15, 0.2) is 42.6 Å². The molecule has 0 atom stereocenters. The molecular weight excluding hydrogens is 210 g/mol. The zero-order chi connectivity index (χ0) is 11.9. The molecule has 0 radical (unpaired) electrons. The maximum Gasteiger partial charge on any atom is 0.140 e. The van der Waals surface area contributed by atoms with Gasteiger partial charge in [-0.15, -0.1) is 0 Å². The summed E-state index contributed by atoms with van der Waals surface area (Å²) in [5.41, 5.74) is 2.46. The lowest BCUT2D eigenvalue weighted by atomic mass is 10.1. The standard InChI is InChI=1S/C15H19NO/c1-2-3-11-17-15-9-10-16-14(15)12-13-7-5-4-6-8-13/h4-10,16H,2-3,11-12H2,1H3. The van der Waals surface area contributed by atoms with Crippen LogP contribution in [0.25, 0.3) is 0 Å². The first-order chi connectivity index (χ1) is 8.40. The molecule has 0 saturated heterocycles. The van der Waals surface area contributed by atoms with Gasteiger partial charge in [-0.25, -0.2) is 0 Å². The number of H-pyrrole nitrogens is 1. The van der Waals surface area contributed by atoms with Gasteiger partial charge in [0.1, 0.15) is 5.75 Å². The molecule has 2 rings (SSSR count). The van der Waals surface area contributed by atoms with Gasteiger partial charge in [-0.2, -0.15) is 0 Å². The largest absolute Gasteiger partial charge is 0.492 e. The lowest BCUT2D eigenvalue weighted by Crippen LogP contribution is -1.99. The van der Waals surface area contributed by atoms with Crippen LogP contribution in [0.5, 0.6) is 5.75 Å². The quantitative estimate of drug-likeness (QED) is 0.749.